The Balaban J connectivity index is 1.69. The molecule has 0 heterocycles. The number of nitrogens with one attached hydrogen (secondary N) is 3. The van der Waals surface area contributed by atoms with E-state index >= 15 is 0 Å². The summed E-state index contributed by atoms with van der Waals surface area (Å²) in [6.45, 7) is 3.84. The highest BCUT2D eigenvalue weighted by atomic mass is 19.4. The summed E-state index contributed by atoms with van der Waals surface area (Å²) in [5.74, 6) is -1.23. The van der Waals surface area contributed by atoms with Gasteiger partial charge in [0.15, 0.2) is 0 Å². The molecule has 0 bridgehead atoms. The quantitative estimate of drug-likeness (QED) is 0.361. The average molecular weight is 549 g/mol. The highest BCUT2D eigenvalue weighted by Crippen LogP contribution is 2.33. The number of alkyl halides is 3. The molecule has 0 radical (unpaired) electrons. The lowest BCUT2D eigenvalue weighted by Gasteiger charge is -2.42. The van der Waals surface area contributed by atoms with E-state index in [0.717, 1.165) is 36.6 Å². The molecule has 4 N–H and O–H groups in total. The van der Waals surface area contributed by atoms with Crippen LogP contribution in [0.5, 0.6) is 0 Å². The number of carbonyl (C=O) groups excluding carboxylic acids is 2. The minimum Gasteiger partial charge on any atom is -0.465 e. The van der Waals surface area contributed by atoms with E-state index in [1.807, 2.05) is 12.1 Å². The molecule has 0 aromatic heterocycles. The summed E-state index contributed by atoms with van der Waals surface area (Å²) in [4.78, 5) is 38.8. The maximum atomic E-state index is 13.0. The molecule has 0 saturated heterocycles. The number of carboxylic acid groups (broad SMARTS) is 1. The Kier molecular flexibility index (Phi) is 9.96. The van der Waals surface area contributed by atoms with Crippen LogP contribution < -0.4 is 16.0 Å². The Morgan fingerprint density at radius 1 is 1.08 bits per heavy atom. The highest BCUT2D eigenvalue weighted by Gasteiger charge is 2.34. The normalized spacial score (nSPS) is 19.5. The van der Waals surface area contributed by atoms with Gasteiger partial charge in [-0.15, -0.1) is 0 Å². The number of benzene rings is 2. The van der Waals surface area contributed by atoms with Crippen molar-refractivity contribution in [2.24, 2.45) is 5.92 Å². The van der Waals surface area contributed by atoms with E-state index in [4.69, 9.17) is 0 Å². The van der Waals surface area contributed by atoms with Crippen molar-refractivity contribution in [3.8, 4) is 0 Å². The third-order valence-electron chi connectivity index (χ3n) is 7.29. The number of hydrogen-bond acceptors (Lipinski definition) is 4. The van der Waals surface area contributed by atoms with Crippen molar-refractivity contribution < 1.29 is 32.7 Å². The van der Waals surface area contributed by atoms with Crippen LogP contribution in [0.1, 0.15) is 54.6 Å². The molecular formula is C28H35F3N4O4. The summed E-state index contributed by atoms with van der Waals surface area (Å²) in [5, 5.41) is 17.0. The summed E-state index contributed by atoms with van der Waals surface area (Å²) in [5.41, 5.74) is 0.177. The summed E-state index contributed by atoms with van der Waals surface area (Å²) >= 11 is 0. The Morgan fingerprint density at radius 3 is 2.46 bits per heavy atom. The third-order valence-corrected chi connectivity index (χ3v) is 7.29. The van der Waals surface area contributed by atoms with Gasteiger partial charge in [0.1, 0.15) is 0 Å². The van der Waals surface area contributed by atoms with Gasteiger partial charge in [-0.05, 0) is 82.3 Å². The molecule has 3 atom stereocenters. The maximum absolute atomic E-state index is 13.0. The van der Waals surface area contributed by atoms with Crippen molar-refractivity contribution in [2.75, 3.05) is 18.9 Å². The lowest BCUT2D eigenvalue weighted by Crippen LogP contribution is -2.51. The van der Waals surface area contributed by atoms with E-state index in [0.29, 0.717) is 24.6 Å². The number of anilines is 1. The predicted octanol–water partition coefficient (Wildman–Crippen LogP) is 4.76. The zero-order valence-corrected chi connectivity index (χ0v) is 22.2. The molecule has 212 valence electrons. The fourth-order valence-electron chi connectivity index (χ4n) is 5.02. The highest BCUT2D eigenvalue weighted by molar-refractivity contribution is 5.96. The van der Waals surface area contributed by atoms with Crippen molar-refractivity contribution in [3.05, 3.63) is 65.2 Å². The molecule has 0 aliphatic heterocycles. The Morgan fingerprint density at radius 2 is 1.79 bits per heavy atom. The van der Waals surface area contributed by atoms with Crippen LogP contribution in [0, 0.1) is 5.92 Å². The molecule has 3 rings (SSSR count). The van der Waals surface area contributed by atoms with E-state index in [9.17, 15) is 32.7 Å². The van der Waals surface area contributed by atoms with Gasteiger partial charge >= 0.3 is 12.3 Å². The van der Waals surface area contributed by atoms with E-state index in [1.165, 1.54) is 6.07 Å². The van der Waals surface area contributed by atoms with Crippen molar-refractivity contribution >= 4 is 23.6 Å². The summed E-state index contributed by atoms with van der Waals surface area (Å²) in [6, 6.07) is 11.5. The van der Waals surface area contributed by atoms with Crippen molar-refractivity contribution in [1.82, 2.24) is 15.5 Å². The monoisotopic (exact) mass is 548 g/mol. The van der Waals surface area contributed by atoms with Gasteiger partial charge in [-0.1, -0.05) is 24.3 Å². The van der Waals surface area contributed by atoms with Gasteiger partial charge in [0.05, 0.1) is 12.1 Å². The molecular weight excluding hydrogens is 513 g/mol. The van der Waals surface area contributed by atoms with Crippen LogP contribution in [-0.4, -0.2) is 59.6 Å². The third kappa shape index (κ3) is 8.44. The predicted molar refractivity (Wildman–Crippen MR) is 142 cm³/mol. The first-order valence-electron chi connectivity index (χ1n) is 12.9. The fourth-order valence-corrected chi connectivity index (χ4v) is 5.02. The van der Waals surface area contributed by atoms with Crippen LogP contribution in [-0.2, 0) is 17.4 Å². The first-order valence-corrected chi connectivity index (χ1v) is 12.9. The summed E-state index contributed by atoms with van der Waals surface area (Å²) < 4.78 is 38.9. The van der Waals surface area contributed by atoms with Gasteiger partial charge in [0, 0.05) is 29.4 Å². The van der Waals surface area contributed by atoms with Gasteiger partial charge in [-0.2, -0.15) is 13.2 Å². The second-order valence-corrected chi connectivity index (χ2v) is 10.2. The zero-order chi connectivity index (χ0) is 28.7. The number of rotatable bonds is 9. The SMILES string of the molecule is CC(C)N(C)[C@@H]1CC[C@H](NC(=O)CNC(=O)c2cccc(C(F)(F)F)c2)[C@H](Cc2ccccc2NC(=O)O)C1. The Labute approximate surface area is 226 Å². The van der Waals surface area contributed by atoms with Crippen molar-refractivity contribution in [1.29, 1.82) is 0 Å². The van der Waals surface area contributed by atoms with Gasteiger partial charge in [0.2, 0.25) is 5.91 Å². The zero-order valence-electron chi connectivity index (χ0n) is 22.2. The minimum absolute atomic E-state index is 0.00943. The standard InChI is InChI=1S/C28H35F3N4O4/c1-17(2)35(3)22-11-12-24(20(15-22)13-18-7-4-5-10-23(18)34-27(38)39)33-25(36)16-32-26(37)19-8-6-9-21(14-19)28(29,30)31/h4-10,14,17,20,22,24,34H,11-13,15-16H2,1-3H3,(H,32,37)(H,33,36)(H,38,39)/t20-,22-,24+/m1/s1. The van der Waals surface area contributed by atoms with Crippen molar-refractivity contribution in [3.63, 3.8) is 0 Å². The van der Waals surface area contributed by atoms with E-state index in [-0.39, 0.29) is 30.1 Å². The summed E-state index contributed by atoms with van der Waals surface area (Å²) in [7, 11) is 2.06. The number of nitrogens with zero attached hydrogens (tertiary/aromatic N) is 1. The number of carbonyl (C=O) groups is 3. The second-order valence-electron chi connectivity index (χ2n) is 10.2. The van der Waals surface area contributed by atoms with Gasteiger partial charge in [-0.3, -0.25) is 14.9 Å². The van der Waals surface area contributed by atoms with Crippen LogP contribution >= 0.6 is 0 Å². The van der Waals surface area contributed by atoms with Crippen LogP contribution in [0.3, 0.4) is 0 Å². The van der Waals surface area contributed by atoms with E-state index in [2.05, 4.69) is 41.7 Å². The molecule has 1 aliphatic carbocycles. The number of amides is 3. The van der Waals surface area contributed by atoms with Gasteiger partial charge in [-0.25, -0.2) is 4.79 Å². The topological polar surface area (TPSA) is 111 Å². The molecule has 3 amide bonds. The fraction of sp³-hybridized carbons (Fsp3) is 0.464. The van der Waals surface area contributed by atoms with Crippen LogP contribution in [0.2, 0.25) is 0 Å². The van der Waals surface area contributed by atoms with E-state index < -0.39 is 29.6 Å². The molecule has 0 unspecified atom stereocenters. The lowest BCUT2D eigenvalue weighted by molar-refractivity contribution is -0.137. The maximum Gasteiger partial charge on any atom is 0.416 e. The van der Waals surface area contributed by atoms with Crippen molar-refractivity contribution in [2.45, 2.75) is 63.8 Å². The molecule has 39 heavy (non-hydrogen) atoms. The molecule has 1 aliphatic rings. The molecule has 2 aromatic carbocycles. The average Bonchev–Trinajstić information content (AvgIpc) is 2.88. The first kappa shape index (κ1) is 29.9. The van der Waals surface area contributed by atoms with E-state index in [1.54, 1.807) is 12.1 Å². The van der Waals surface area contributed by atoms with Crippen LogP contribution in [0.15, 0.2) is 48.5 Å². The molecule has 11 heteroatoms. The minimum atomic E-state index is -4.58. The number of hydrogen-bond donors (Lipinski definition) is 4. The van der Waals surface area contributed by atoms with Gasteiger partial charge < -0.3 is 20.6 Å². The molecule has 2 aromatic rings. The Bertz CT molecular complexity index is 1170. The van der Waals surface area contributed by atoms with Gasteiger partial charge in [0.25, 0.3) is 5.91 Å². The summed E-state index contributed by atoms with van der Waals surface area (Å²) in [6.07, 6.45) is -2.90. The molecule has 0 spiro atoms. The first-order chi connectivity index (χ1) is 18.3. The largest absolute Gasteiger partial charge is 0.465 e. The Hall–Kier alpha value is -3.60. The molecule has 1 fully saturated rings. The second kappa shape index (κ2) is 13.0. The number of halogens is 3. The lowest BCUT2D eigenvalue weighted by atomic mass is 9.77. The number of para-hydroxylation sites is 1. The smallest absolute Gasteiger partial charge is 0.416 e. The molecule has 8 nitrogen and oxygen atoms in total. The molecule has 1 saturated carbocycles. The van der Waals surface area contributed by atoms with Crippen LogP contribution in [0.25, 0.3) is 0 Å². The van der Waals surface area contributed by atoms with Crippen LogP contribution in [0.4, 0.5) is 23.7 Å².